The number of sulfonamides is 1. The van der Waals surface area contributed by atoms with Gasteiger partial charge in [-0.25, -0.2) is 13.4 Å². The number of amides is 1. The molecule has 0 radical (unpaired) electrons. The quantitative estimate of drug-likeness (QED) is 0.634. The standard InChI is InChI=1S/C19H20ClN3O3S2/c1-12(2)23(3)28(25,26)13-8-9-15(20)14(10-13)19(24)21-11-18-22-16-6-4-5-7-17(16)27-18/h4-10,12H,11H2,1-3H3,(H,21,24). The van der Waals surface area contributed by atoms with Gasteiger partial charge >= 0.3 is 0 Å². The second-order valence-electron chi connectivity index (χ2n) is 6.51. The second-order valence-corrected chi connectivity index (χ2v) is 10.0. The zero-order valence-corrected chi connectivity index (χ0v) is 18.0. The smallest absolute Gasteiger partial charge is 0.253 e. The van der Waals surface area contributed by atoms with Crippen molar-refractivity contribution in [2.75, 3.05) is 7.05 Å². The van der Waals surface area contributed by atoms with Crippen LogP contribution in [0.5, 0.6) is 0 Å². The van der Waals surface area contributed by atoms with E-state index in [9.17, 15) is 13.2 Å². The van der Waals surface area contributed by atoms with Crippen LogP contribution in [-0.2, 0) is 16.6 Å². The molecule has 2 aromatic carbocycles. The number of thiazole rings is 1. The lowest BCUT2D eigenvalue weighted by atomic mass is 10.2. The van der Waals surface area contributed by atoms with Crippen LogP contribution in [0.1, 0.15) is 29.2 Å². The van der Waals surface area contributed by atoms with Crippen LogP contribution >= 0.6 is 22.9 Å². The summed E-state index contributed by atoms with van der Waals surface area (Å²) in [5.74, 6) is -0.450. The van der Waals surface area contributed by atoms with Gasteiger partial charge < -0.3 is 5.32 Å². The number of hydrogen-bond acceptors (Lipinski definition) is 5. The normalized spacial score (nSPS) is 12.1. The van der Waals surface area contributed by atoms with E-state index in [1.54, 1.807) is 13.8 Å². The average Bonchev–Trinajstić information content (AvgIpc) is 3.08. The summed E-state index contributed by atoms with van der Waals surface area (Å²) in [6, 6.07) is 11.6. The molecule has 6 nitrogen and oxygen atoms in total. The van der Waals surface area contributed by atoms with Gasteiger partial charge in [-0.3, -0.25) is 4.79 Å². The molecule has 148 valence electrons. The summed E-state index contributed by atoms with van der Waals surface area (Å²) < 4.78 is 27.6. The lowest BCUT2D eigenvalue weighted by Gasteiger charge is -2.21. The molecule has 0 aliphatic heterocycles. The number of carbonyl (C=O) groups excluding carboxylic acids is 1. The second kappa shape index (κ2) is 8.16. The SMILES string of the molecule is CC(C)N(C)S(=O)(=O)c1ccc(Cl)c(C(=O)NCc2nc3ccccc3s2)c1. The zero-order valence-electron chi connectivity index (χ0n) is 15.6. The number of fused-ring (bicyclic) bond motifs is 1. The first-order chi connectivity index (χ1) is 13.2. The summed E-state index contributed by atoms with van der Waals surface area (Å²) in [6.45, 7) is 3.79. The van der Waals surface area contributed by atoms with Crippen molar-refractivity contribution in [3.8, 4) is 0 Å². The molecule has 0 unspecified atom stereocenters. The monoisotopic (exact) mass is 437 g/mol. The summed E-state index contributed by atoms with van der Waals surface area (Å²) in [5, 5.41) is 3.71. The summed E-state index contributed by atoms with van der Waals surface area (Å²) in [6.07, 6.45) is 0. The number of aromatic nitrogens is 1. The predicted molar refractivity (Wildman–Crippen MR) is 112 cm³/mol. The number of carbonyl (C=O) groups is 1. The molecule has 1 amide bonds. The summed E-state index contributed by atoms with van der Waals surface area (Å²) in [5.41, 5.74) is 0.987. The molecule has 0 aliphatic carbocycles. The van der Waals surface area contributed by atoms with Crippen molar-refractivity contribution in [2.24, 2.45) is 0 Å². The van der Waals surface area contributed by atoms with Crippen LogP contribution in [0.15, 0.2) is 47.4 Å². The molecule has 1 aromatic heterocycles. The molecule has 1 N–H and O–H groups in total. The number of hydrogen-bond donors (Lipinski definition) is 1. The van der Waals surface area contributed by atoms with Crippen LogP contribution in [-0.4, -0.2) is 36.7 Å². The first-order valence-electron chi connectivity index (χ1n) is 8.60. The largest absolute Gasteiger partial charge is 0.345 e. The maximum absolute atomic E-state index is 12.7. The fourth-order valence-electron chi connectivity index (χ4n) is 2.53. The van der Waals surface area contributed by atoms with Gasteiger partial charge in [0.1, 0.15) is 5.01 Å². The molecule has 0 saturated heterocycles. The predicted octanol–water partition coefficient (Wildman–Crippen LogP) is 3.91. The molecule has 0 atom stereocenters. The van der Waals surface area contributed by atoms with Crippen LogP contribution < -0.4 is 5.32 Å². The van der Waals surface area contributed by atoms with Gasteiger partial charge in [0.05, 0.1) is 32.2 Å². The van der Waals surface area contributed by atoms with Gasteiger partial charge in [-0.2, -0.15) is 4.31 Å². The lowest BCUT2D eigenvalue weighted by molar-refractivity contribution is 0.0951. The van der Waals surface area contributed by atoms with Crippen molar-refractivity contribution in [3.63, 3.8) is 0 Å². The Balaban J connectivity index is 1.81. The summed E-state index contributed by atoms with van der Waals surface area (Å²) in [7, 11) is -2.21. The van der Waals surface area contributed by atoms with Crippen LogP contribution in [0.2, 0.25) is 5.02 Å². The molecule has 0 bridgehead atoms. The van der Waals surface area contributed by atoms with E-state index in [4.69, 9.17) is 11.6 Å². The van der Waals surface area contributed by atoms with Crippen molar-refractivity contribution >= 4 is 49.1 Å². The minimum atomic E-state index is -3.71. The third kappa shape index (κ3) is 4.20. The molecular weight excluding hydrogens is 418 g/mol. The maximum Gasteiger partial charge on any atom is 0.253 e. The Morgan fingerprint density at radius 3 is 2.64 bits per heavy atom. The van der Waals surface area contributed by atoms with Gasteiger partial charge in [0.15, 0.2) is 0 Å². The Kier molecular flexibility index (Phi) is 6.04. The van der Waals surface area contributed by atoms with Crippen molar-refractivity contribution in [1.82, 2.24) is 14.6 Å². The Morgan fingerprint density at radius 2 is 1.96 bits per heavy atom. The molecule has 3 aromatic rings. The van der Waals surface area contributed by atoms with Crippen LogP contribution in [0.25, 0.3) is 10.2 Å². The number of para-hydroxylation sites is 1. The van der Waals surface area contributed by atoms with Crippen LogP contribution in [0.4, 0.5) is 0 Å². The highest BCUT2D eigenvalue weighted by atomic mass is 35.5. The fraction of sp³-hybridized carbons (Fsp3) is 0.263. The molecule has 0 fully saturated rings. The number of halogens is 1. The molecule has 0 saturated carbocycles. The molecule has 0 aliphatic rings. The van der Waals surface area contributed by atoms with Crippen molar-refractivity contribution < 1.29 is 13.2 Å². The third-order valence-electron chi connectivity index (χ3n) is 4.33. The summed E-state index contributed by atoms with van der Waals surface area (Å²) in [4.78, 5) is 17.1. The highest BCUT2D eigenvalue weighted by Gasteiger charge is 2.25. The lowest BCUT2D eigenvalue weighted by Crippen LogP contribution is -2.33. The summed E-state index contributed by atoms with van der Waals surface area (Å²) >= 11 is 7.64. The minimum Gasteiger partial charge on any atom is -0.345 e. The van der Waals surface area contributed by atoms with E-state index >= 15 is 0 Å². The van der Waals surface area contributed by atoms with Crippen molar-refractivity contribution in [1.29, 1.82) is 0 Å². The Hall–Kier alpha value is -2.00. The van der Waals surface area contributed by atoms with E-state index < -0.39 is 15.9 Å². The van der Waals surface area contributed by atoms with E-state index in [1.807, 2.05) is 24.3 Å². The van der Waals surface area contributed by atoms with Gasteiger partial charge in [-0.05, 0) is 44.2 Å². The van der Waals surface area contributed by atoms with E-state index in [1.165, 1.54) is 40.9 Å². The average molecular weight is 438 g/mol. The molecule has 1 heterocycles. The zero-order chi connectivity index (χ0) is 20.5. The number of nitrogens with one attached hydrogen (secondary N) is 1. The highest BCUT2D eigenvalue weighted by Crippen LogP contribution is 2.24. The first-order valence-corrected chi connectivity index (χ1v) is 11.2. The van der Waals surface area contributed by atoms with Crippen molar-refractivity contribution in [3.05, 3.63) is 58.1 Å². The molecule has 28 heavy (non-hydrogen) atoms. The van der Waals surface area contributed by atoms with Gasteiger partial charge in [0.25, 0.3) is 5.91 Å². The third-order valence-corrected chi connectivity index (χ3v) is 7.72. The molecule has 0 spiro atoms. The number of benzene rings is 2. The maximum atomic E-state index is 12.7. The van der Waals surface area contributed by atoms with E-state index in [0.29, 0.717) is 0 Å². The van der Waals surface area contributed by atoms with Gasteiger partial charge in [-0.15, -0.1) is 11.3 Å². The van der Waals surface area contributed by atoms with Gasteiger partial charge in [0, 0.05) is 13.1 Å². The van der Waals surface area contributed by atoms with Crippen LogP contribution in [0.3, 0.4) is 0 Å². The van der Waals surface area contributed by atoms with E-state index in [-0.39, 0.29) is 28.1 Å². The van der Waals surface area contributed by atoms with Gasteiger partial charge in [0.2, 0.25) is 10.0 Å². The molecule has 3 rings (SSSR count). The van der Waals surface area contributed by atoms with E-state index in [2.05, 4.69) is 10.3 Å². The molecular formula is C19H20ClN3O3S2. The number of rotatable bonds is 6. The van der Waals surface area contributed by atoms with Crippen LogP contribution in [0, 0.1) is 0 Å². The highest BCUT2D eigenvalue weighted by molar-refractivity contribution is 7.89. The topological polar surface area (TPSA) is 79.4 Å². The fourth-order valence-corrected chi connectivity index (χ4v) is 5.03. The number of nitrogens with zero attached hydrogens (tertiary/aromatic N) is 2. The van der Waals surface area contributed by atoms with Crippen molar-refractivity contribution in [2.45, 2.75) is 31.3 Å². The Bertz CT molecular complexity index is 1090. The van der Waals surface area contributed by atoms with Gasteiger partial charge in [-0.1, -0.05) is 23.7 Å². The van der Waals surface area contributed by atoms with E-state index in [0.717, 1.165) is 15.2 Å². The first kappa shape index (κ1) is 20.7. The minimum absolute atomic E-state index is 0.0261. The Labute approximate surface area is 173 Å². The Morgan fingerprint density at radius 1 is 1.25 bits per heavy atom. The molecule has 9 heteroatoms.